The van der Waals surface area contributed by atoms with Gasteiger partial charge in [0.1, 0.15) is 6.07 Å². The molecule has 0 saturated carbocycles. The lowest BCUT2D eigenvalue weighted by Gasteiger charge is -2.27. The number of likely N-dealkylation sites (tertiary alicyclic amines) is 1. The number of nitrogens with zero attached hydrogens (tertiary/aromatic N) is 4. The highest BCUT2D eigenvalue weighted by molar-refractivity contribution is 7.09. The number of ether oxygens (including phenoxy) is 2. The molecule has 0 spiro atoms. The summed E-state index contributed by atoms with van der Waals surface area (Å²) >= 11 is 1.73. The van der Waals surface area contributed by atoms with E-state index in [1.54, 1.807) is 29.7 Å². The van der Waals surface area contributed by atoms with Crippen LogP contribution >= 0.6 is 11.3 Å². The third-order valence-corrected chi connectivity index (χ3v) is 6.10. The van der Waals surface area contributed by atoms with Crippen LogP contribution in [0, 0.1) is 29.6 Å². The smallest absolute Gasteiger partial charge is 0.213 e. The van der Waals surface area contributed by atoms with Crippen LogP contribution in [0.3, 0.4) is 0 Å². The summed E-state index contributed by atoms with van der Waals surface area (Å²) in [5.74, 6) is 1.05. The number of aryl methyl sites for hydroxylation is 1. The van der Waals surface area contributed by atoms with Gasteiger partial charge in [-0.15, -0.1) is 11.3 Å². The van der Waals surface area contributed by atoms with E-state index in [-0.39, 0.29) is 5.41 Å². The quantitative estimate of drug-likeness (QED) is 0.818. The van der Waals surface area contributed by atoms with Crippen molar-refractivity contribution in [3.63, 3.8) is 0 Å². The predicted molar refractivity (Wildman–Crippen MR) is 93.3 cm³/mol. The van der Waals surface area contributed by atoms with Crippen LogP contribution in [-0.2, 0) is 11.3 Å². The van der Waals surface area contributed by atoms with E-state index in [4.69, 9.17) is 14.7 Å². The number of pyridine rings is 1. The molecule has 7 heteroatoms. The SMILES string of the molecule is Cc1ncsc1CN1C[C@@H]2COC[C@]2(COc2ccc(C#N)cn2)C1. The van der Waals surface area contributed by atoms with Crippen molar-refractivity contribution in [3.05, 3.63) is 40.0 Å². The fourth-order valence-corrected chi connectivity index (χ4v) is 4.52. The van der Waals surface area contributed by atoms with Crippen molar-refractivity contribution in [2.45, 2.75) is 13.5 Å². The Balaban J connectivity index is 1.42. The Hall–Kier alpha value is -2.01. The van der Waals surface area contributed by atoms with Crippen molar-refractivity contribution >= 4 is 11.3 Å². The fourth-order valence-electron chi connectivity index (χ4n) is 3.70. The Labute approximate surface area is 151 Å². The largest absolute Gasteiger partial charge is 0.477 e. The van der Waals surface area contributed by atoms with Crippen LogP contribution < -0.4 is 4.74 Å². The molecule has 2 aromatic heterocycles. The first-order valence-electron chi connectivity index (χ1n) is 8.36. The lowest BCUT2D eigenvalue weighted by molar-refractivity contribution is 0.0883. The fraction of sp³-hybridized carbons (Fsp3) is 0.500. The topological polar surface area (TPSA) is 71.3 Å². The lowest BCUT2D eigenvalue weighted by atomic mass is 9.82. The maximum atomic E-state index is 8.85. The molecule has 2 aromatic rings. The minimum absolute atomic E-state index is 0.0220. The molecular formula is C18H20N4O2S. The van der Waals surface area contributed by atoms with Crippen LogP contribution in [0.5, 0.6) is 5.88 Å². The Kier molecular flexibility index (Phi) is 4.42. The van der Waals surface area contributed by atoms with E-state index in [9.17, 15) is 0 Å². The first kappa shape index (κ1) is 16.5. The molecule has 2 aliphatic heterocycles. The standard InChI is InChI=1S/C18H20N4O2S/c1-13-16(25-12-21-13)7-22-6-15-8-23-10-18(15,9-22)11-24-17-3-2-14(4-19)5-20-17/h2-3,5,12,15H,6-11H2,1H3/t15-,18+/m1/s1. The molecule has 25 heavy (non-hydrogen) atoms. The van der Waals surface area contributed by atoms with Crippen LogP contribution in [0.25, 0.3) is 0 Å². The second-order valence-corrected chi connectivity index (χ2v) is 7.83. The summed E-state index contributed by atoms with van der Waals surface area (Å²) in [6, 6.07) is 5.56. The molecule has 0 bridgehead atoms. The normalized spacial score (nSPS) is 25.7. The van der Waals surface area contributed by atoms with Gasteiger partial charge in [0.2, 0.25) is 5.88 Å². The second-order valence-electron chi connectivity index (χ2n) is 6.89. The van der Waals surface area contributed by atoms with Crippen LogP contribution in [-0.4, -0.2) is 47.8 Å². The van der Waals surface area contributed by atoms with Gasteiger partial charge in [-0.05, 0) is 13.0 Å². The molecule has 6 nitrogen and oxygen atoms in total. The number of thiazole rings is 1. The van der Waals surface area contributed by atoms with E-state index in [1.165, 1.54) is 4.88 Å². The highest BCUT2D eigenvalue weighted by Gasteiger charge is 2.51. The van der Waals surface area contributed by atoms with Gasteiger partial charge < -0.3 is 9.47 Å². The summed E-state index contributed by atoms with van der Waals surface area (Å²) in [7, 11) is 0. The Morgan fingerprint density at radius 3 is 3.12 bits per heavy atom. The van der Waals surface area contributed by atoms with E-state index in [2.05, 4.69) is 27.9 Å². The third-order valence-electron chi connectivity index (χ3n) is 5.18. The van der Waals surface area contributed by atoms with Gasteiger partial charge in [0.05, 0.1) is 36.6 Å². The van der Waals surface area contributed by atoms with E-state index >= 15 is 0 Å². The van der Waals surface area contributed by atoms with Crippen molar-refractivity contribution in [2.24, 2.45) is 11.3 Å². The minimum Gasteiger partial charge on any atom is -0.477 e. The molecule has 2 fully saturated rings. The number of hydrogen-bond acceptors (Lipinski definition) is 7. The van der Waals surface area contributed by atoms with Gasteiger partial charge in [-0.3, -0.25) is 4.90 Å². The van der Waals surface area contributed by atoms with Crippen LogP contribution in [0.15, 0.2) is 23.8 Å². The van der Waals surface area contributed by atoms with Gasteiger partial charge in [0.25, 0.3) is 0 Å². The van der Waals surface area contributed by atoms with Crippen LogP contribution in [0.2, 0.25) is 0 Å². The summed E-state index contributed by atoms with van der Waals surface area (Å²) in [6.07, 6.45) is 1.54. The first-order chi connectivity index (χ1) is 12.2. The van der Waals surface area contributed by atoms with Crippen LogP contribution in [0.1, 0.15) is 16.1 Å². The van der Waals surface area contributed by atoms with Crippen molar-refractivity contribution in [1.82, 2.24) is 14.9 Å². The van der Waals surface area contributed by atoms with Crippen molar-refractivity contribution in [3.8, 4) is 11.9 Å². The Bertz CT molecular complexity index is 785. The number of nitriles is 1. The zero-order valence-corrected chi connectivity index (χ0v) is 15.0. The van der Waals surface area contributed by atoms with Crippen molar-refractivity contribution in [2.75, 3.05) is 32.9 Å². The maximum Gasteiger partial charge on any atom is 0.213 e. The summed E-state index contributed by atoms with van der Waals surface area (Å²) in [5.41, 5.74) is 3.61. The molecule has 2 atom stereocenters. The van der Waals surface area contributed by atoms with E-state index in [0.29, 0.717) is 24.0 Å². The molecule has 0 N–H and O–H groups in total. The van der Waals surface area contributed by atoms with Gasteiger partial charge >= 0.3 is 0 Å². The number of aromatic nitrogens is 2. The summed E-state index contributed by atoms with van der Waals surface area (Å²) in [5, 5.41) is 8.85. The average molecular weight is 356 g/mol. The number of hydrogen-bond donors (Lipinski definition) is 0. The maximum absolute atomic E-state index is 8.85. The second kappa shape index (κ2) is 6.71. The van der Waals surface area contributed by atoms with Gasteiger partial charge in [0.15, 0.2) is 0 Å². The number of fused-ring (bicyclic) bond motifs is 1. The van der Waals surface area contributed by atoms with Gasteiger partial charge in [-0.1, -0.05) is 0 Å². The molecule has 0 amide bonds. The molecule has 4 heterocycles. The molecule has 2 saturated heterocycles. The highest BCUT2D eigenvalue weighted by atomic mass is 32.1. The predicted octanol–water partition coefficient (Wildman–Crippen LogP) is 2.25. The lowest BCUT2D eigenvalue weighted by Crippen LogP contribution is -2.37. The third kappa shape index (κ3) is 3.25. The summed E-state index contributed by atoms with van der Waals surface area (Å²) in [4.78, 5) is 12.4. The van der Waals surface area contributed by atoms with Gasteiger partial charge in [-0.2, -0.15) is 5.26 Å². The minimum atomic E-state index is 0.0220. The first-order valence-corrected chi connectivity index (χ1v) is 9.24. The zero-order valence-electron chi connectivity index (χ0n) is 14.1. The van der Waals surface area contributed by atoms with Gasteiger partial charge in [0, 0.05) is 48.1 Å². The molecule has 0 aliphatic carbocycles. The van der Waals surface area contributed by atoms with Gasteiger partial charge in [-0.25, -0.2) is 9.97 Å². The average Bonchev–Trinajstić information content (AvgIpc) is 3.29. The molecule has 4 rings (SSSR count). The Morgan fingerprint density at radius 2 is 2.40 bits per heavy atom. The number of rotatable bonds is 5. The van der Waals surface area contributed by atoms with Crippen molar-refractivity contribution < 1.29 is 9.47 Å². The molecular weight excluding hydrogens is 336 g/mol. The zero-order chi connectivity index (χ0) is 17.3. The Morgan fingerprint density at radius 1 is 1.48 bits per heavy atom. The summed E-state index contributed by atoms with van der Waals surface area (Å²) in [6.45, 7) is 7.13. The van der Waals surface area contributed by atoms with E-state index in [0.717, 1.165) is 38.5 Å². The molecule has 0 radical (unpaired) electrons. The summed E-state index contributed by atoms with van der Waals surface area (Å²) < 4.78 is 11.7. The monoisotopic (exact) mass is 356 g/mol. The van der Waals surface area contributed by atoms with Crippen molar-refractivity contribution in [1.29, 1.82) is 5.26 Å². The molecule has 0 aromatic carbocycles. The van der Waals surface area contributed by atoms with E-state index < -0.39 is 0 Å². The molecule has 2 aliphatic rings. The van der Waals surface area contributed by atoms with Crippen LogP contribution in [0.4, 0.5) is 0 Å². The molecule has 130 valence electrons. The molecule has 0 unspecified atom stereocenters. The van der Waals surface area contributed by atoms with E-state index in [1.807, 2.05) is 5.51 Å². The highest BCUT2D eigenvalue weighted by Crippen LogP contribution is 2.42.